The van der Waals surface area contributed by atoms with E-state index in [9.17, 15) is 9.59 Å². The summed E-state index contributed by atoms with van der Waals surface area (Å²) in [6, 6.07) is 14.8. The van der Waals surface area contributed by atoms with Crippen molar-refractivity contribution in [1.82, 2.24) is 10.6 Å². The van der Waals surface area contributed by atoms with Crippen molar-refractivity contribution < 1.29 is 14.3 Å². The fourth-order valence-electron chi connectivity index (χ4n) is 3.17. The number of carbonyl (C=O) groups excluding carboxylic acids is 2. The lowest BCUT2D eigenvalue weighted by Gasteiger charge is -2.17. The lowest BCUT2D eigenvalue weighted by Crippen LogP contribution is -2.33. The van der Waals surface area contributed by atoms with Gasteiger partial charge >= 0.3 is 0 Å². The van der Waals surface area contributed by atoms with Gasteiger partial charge in [0, 0.05) is 35.5 Å². The SMILES string of the molecule is COc1ccc(C(=O)NCCCC(=O)NCC2(c3ccc(Cl)cc3)CC2)cc1. The van der Waals surface area contributed by atoms with Crippen molar-refractivity contribution >= 4 is 23.4 Å². The van der Waals surface area contributed by atoms with Crippen LogP contribution in [0, 0.1) is 0 Å². The van der Waals surface area contributed by atoms with Gasteiger partial charge in [-0.05, 0) is 61.2 Å². The molecule has 0 bridgehead atoms. The molecule has 0 radical (unpaired) electrons. The van der Waals surface area contributed by atoms with Crippen LogP contribution in [-0.2, 0) is 10.2 Å². The van der Waals surface area contributed by atoms with Crippen molar-refractivity contribution in [1.29, 1.82) is 0 Å². The van der Waals surface area contributed by atoms with Crippen molar-refractivity contribution in [3.05, 3.63) is 64.7 Å². The van der Waals surface area contributed by atoms with Crippen LogP contribution in [0.1, 0.15) is 41.6 Å². The second kappa shape index (κ2) is 9.11. The summed E-state index contributed by atoms with van der Waals surface area (Å²) < 4.78 is 5.08. The predicted molar refractivity (Wildman–Crippen MR) is 110 cm³/mol. The quantitative estimate of drug-likeness (QED) is 0.630. The summed E-state index contributed by atoms with van der Waals surface area (Å²) in [5.41, 5.74) is 1.86. The monoisotopic (exact) mass is 400 g/mol. The molecule has 2 N–H and O–H groups in total. The number of benzene rings is 2. The Morgan fingerprint density at radius 3 is 2.32 bits per heavy atom. The Balaban J connectivity index is 1.35. The molecule has 2 amide bonds. The van der Waals surface area contributed by atoms with Crippen LogP contribution in [0.2, 0.25) is 5.02 Å². The maximum absolute atomic E-state index is 12.1. The van der Waals surface area contributed by atoms with E-state index in [4.69, 9.17) is 16.3 Å². The van der Waals surface area contributed by atoms with Crippen LogP contribution in [0.3, 0.4) is 0 Å². The van der Waals surface area contributed by atoms with Crippen molar-refractivity contribution in [3.8, 4) is 5.75 Å². The van der Waals surface area contributed by atoms with Gasteiger partial charge in [0.15, 0.2) is 0 Å². The average molecular weight is 401 g/mol. The molecule has 0 heterocycles. The Labute approximate surface area is 170 Å². The van der Waals surface area contributed by atoms with Crippen molar-refractivity contribution in [2.24, 2.45) is 0 Å². The van der Waals surface area contributed by atoms with E-state index in [2.05, 4.69) is 10.6 Å². The smallest absolute Gasteiger partial charge is 0.251 e. The molecule has 0 unspecified atom stereocenters. The number of nitrogens with one attached hydrogen (secondary N) is 2. The van der Waals surface area contributed by atoms with Gasteiger partial charge in [-0.2, -0.15) is 0 Å². The molecule has 5 nitrogen and oxygen atoms in total. The first-order valence-electron chi connectivity index (χ1n) is 9.47. The average Bonchev–Trinajstić information content (AvgIpc) is 3.51. The van der Waals surface area contributed by atoms with E-state index < -0.39 is 0 Å². The molecule has 0 atom stereocenters. The van der Waals surface area contributed by atoms with Crippen molar-refractivity contribution in [2.45, 2.75) is 31.1 Å². The highest BCUT2D eigenvalue weighted by Crippen LogP contribution is 2.47. The standard InChI is InChI=1S/C22H25ClN2O3/c1-28-19-10-4-16(5-11-19)21(27)24-14-2-3-20(26)25-15-22(12-13-22)17-6-8-18(23)9-7-17/h4-11H,2-3,12-15H2,1H3,(H,24,27)(H,25,26). The zero-order chi connectivity index (χ0) is 20.0. The second-order valence-electron chi connectivity index (χ2n) is 7.15. The van der Waals surface area contributed by atoms with E-state index in [0.717, 1.165) is 17.9 Å². The van der Waals surface area contributed by atoms with Gasteiger partial charge in [-0.15, -0.1) is 0 Å². The van der Waals surface area contributed by atoms with Gasteiger partial charge in [0.1, 0.15) is 5.75 Å². The lowest BCUT2D eigenvalue weighted by atomic mass is 9.96. The first-order valence-corrected chi connectivity index (χ1v) is 9.85. The first kappa shape index (κ1) is 20.2. The third-order valence-electron chi connectivity index (χ3n) is 5.15. The molecule has 148 valence electrons. The number of hydrogen-bond acceptors (Lipinski definition) is 3. The molecule has 2 aromatic carbocycles. The zero-order valence-corrected chi connectivity index (χ0v) is 16.7. The minimum absolute atomic E-state index is 0.0129. The van der Waals surface area contributed by atoms with E-state index in [-0.39, 0.29) is 17.2 Å². The van der Waals surface area contributed by atoms with Gasteiger partial charge in [-0.3, -0.25) is 9.59 Å². The fraction of sp³-hybridized carbons (Fsp3) is 0.364. The molecule has 1 aliphatic carbocycles. The maximum atomic E-state index is 12.1. The van der Waals surface area contributed by atoms with E-state index in [1.54, 1.807) is 31.4 Å². The Morgan fingerprint density at radius 2 is 1.71 bits per heavy atom. The molecule has 3 rings (SSSR count). The molecule has 0 spiro atoms. The number of methoxy groups -OCH3 is 1. The summed E-state index contributed by atoms with van der Waals surface area (Å²) in [7, 11) is 1.58. The molecular formula is C22H25ClN2O3. The number of carbonyl (C=O) groups is 2. The summed E-state index contributed by atoms with van der Waals surface area (Å²) in [6.45, 7) is 1.10. The molecule has 0 aromatic heterocycles. The molecule has 0 saturated heterocycles. The molecule has 1 fully saturated rings. The molecular weight excluding hydrogens is 376 g/mol. The number of ether oxygens (including phenoxy) is 1. The number of amides is 2. The number of rotatable bonds is 9. The Morgan fingerprint density at radius 1 is 1.04 bits per heavy atom. The third-order valence-corrected chi connectivity index (χ3v) is 5.40. The van der Waals surface area contributed by atoms with E-state index in [1.165, 1.54) is 5.56 Å². The zero-order valence-electron chi connectivity index (χ0n) is 16.0. The van der Waals surface area contributed by atoms with Crippen LogP contribution < -0.4 is 15.4 Å². The van der Waals surface area contributed by atoms with Gasteiger partial charge in [-0.1, -0.05) is 23.7 Å². The predicted octanol–water partition coefficient (Wildman–Crippen LogP) is 3.71. The largest absolute Gasteiger partial charge is 0.497 e. The number of hydrogen-bond donors (Lipinski definition) is 2. The van der Waals surface area contributed by atoms with Crippen LogP contribution in [-0.4, -0.2) is 32.0 Å². The summed E-state index contributed by atoms with van der Waals surface area (Å²) in [5.74, 6) is 0.571. The summed E-state index contributed by atoms with van der Waals surface area (Å²) >= 11 is 5.95. The van der Waals surface area contributed by atoms with E-state index >= 15 is 0 Å². The normalized spacial score (nSPS) is 14.2. The summed E-state index contributed by atoms with van der Waals surface area (Å²) in [4.78, 5) is 24.2. The van der Waals surface area contributed by atoms with Crippen LogP contribution in [0.5, 0.6) is 5.75 Å². The molecule has 1 saturated carbocycles. The van der Waals surface area contributed by atoms with Crippen molar-refractivity contribution in [3.63, 3.8) is 0 Å². The molecule has 1 aliphatic rings. The second-order valence-corrected chi connectivity index (χ2v) is 7.59. The highest BCUT2D eigenvalue weighted by atomic mass is 35.5. The Kier molecular flexibility index (Phi) is 6.57. The topological polar surface area (TPSA) is 67.4 Å². The highest BCUT2D eigenvalue weighted by molar-refractivity contribution is 6.30. The fourth-order valence-corrected chi connectivity index (χ4v) is 3.30. The lowest BCUT2D eigenvalue weighted by molar-refractivity contribution is -0.121. The summed E-state index contributed by atoms with van der Waals surface area (Å²) in [6.07, 6.45) is 3.14. The summed E-state index contributed by atoms with van der Waals surface area (Å²) in [5, 5.41) is 6.59. The minimum Gasteiger partial charge on any atom is -0.497 e. The Hall–Kier alpha value is -2.53. The Bertz CT molecular complexity index is 815. The molecule has 6 heteroatoms. The van der Waals surface area contributed by atoms with Crippen LogP contribution in [0.15, 0.2) is 48.5 Å². The van der Waals surface area contributed by atoms with Crippen LogP contribution in [0.25, 0.3) is 0 Å². The van der Waals surface area contributed by atoms with Crippen molar-refractivity contribution in [2.75, 3.05) is 20.2 Å². The van der Waals surface area contributed by atoms with E-state index in [0.29, 0.717) is 37.2 Å². The van der Waals surface area contributed by atoms with E-state index in [1.807, 2.05) is 24.3 Å². The molecule has 2 aromatic rings. The van der Waals surface area contributed by atoms with Crippen LogP contribution in [0.4, 0.5) is 0 Å². The third kappa shape index (κ3) is 5.26. The number of halogens is 1. The van der Waals surface area contributed by atoms with Crippen LogP contribution >= 0.6 is 11.6 Å². The molecule has 28 heavy (non-hydrogen) atoms. The molecule has 0 aliphatic heterocycles. The first-order chi connectivity index (χ1) is 13.5. The van der Waals surface area contributed by atoms with Gasteiger partial charge in [0.05, 0.1) is 7.11 Å². The van der Waals surface area contributed by atoms with Gasteiger partial charge in [0.25, 0.3) is 5.91 Å². The van der Waals surface area contributed by atoms with Gasteiger partial charge in [-0.25, -0.2) is 0 Å². The van der Waals surface area contributed by atoms with Gasteiger partial charge in [0.2, 0.25) is 5.91 Å². The minimum atomic E-state index is -0.150. The van der Waals surface area contributed by atoms with Gasteiger partial charge < -0.3 is 15.4 Å². The maximum Gasteiger partial charge on any atom is 0.251 e. The highest BCUT2D eigenvalue weighted by Gasteiger charge is 2.44.